The van der Waals surface area contributed by atoms with Gasteiger partial charge in [-0.2, -0.15) is 0 Å². The molecule has 129 heavy (non-hydrogen) atoms. The molecule has 0 aromatic heterocycles. The number of hydrogen-bond donors (Lipinski definition) is 1. The molecule has 0 radical (unpaired) electrons. The maximum atomic E-state index is 4.41. The van der Waals surface area contributed by atoms with E-state index in [-0.39, 0.29) is 20.1 Å². The van der Waals surface area contributed by atoms with Crippen LogP contribution in [0.5, 0.6) is 0 Å². The first-order valence-electron chi connectivity index (χ1n) is 45.1. The van der Waals surface area contributed by atoms with Gasteiger partial charge in [-0.05, 0) is 303 Å². The van der Waals surface area contributed by atoms with Gasteiger partial charge < -0.3 is 44.5 Å². The lowest BCUT2D eigenvalue weighted by Crippen LogP contribution is -2.66. The SMILES string of the molecule is Cc1cc(C)c(N2c3cc4c(cc3B3c5ccccc5N(c5ccccc5)c5cc(N(c6ccccc6)c6ccccc6)cc2c53)B2c3cc5c(cc3N(c3c(C)cc(C)cc3C)c3cc(N(c6ccccc6)c6ccccc6)cc(c32)N4c2c(C)cc(C)cc2C)Nc2cc(N(c3ccccc3)c3ccccc3)cc3c2B5c2ccccc2N3c2ccccc2)c(C)c1. The van der Waals surface area contributed by atoms with Crippen LogP contribution >= 0.6 is 0 Å². The highest BCUT2D eigenvalue weighted by Gasteiger charge is 2.52. The van der Waals surface area contributed by atoms with Gasteiger partial charge in [0.05, 0.1) is 34.1 Å². The largest absolute Gasteiger partial charge is 0.356 e. The van der Waals surface area contributed by atoms with Gasteiger partial charge in [-0.25, -0.2) is 0 Å². The number of benzene rings is 18. The summed E-state index contributed by atoms with van der Waals surface area (Å²) >= 11 is 0. The van der Waals surface area contributed by atoms with Gasteiger partial charge in [-0.1, -0.05) is 247 Å². The van der Waals surface area contributed by atoms with E-state index in [0.717, 1.165) is 148 Å². The summed E-state index contributed by atoms with van der Waals surface area (Å²) in [6.07, 6.45) is 0. The molecule has 0 bridgehead atoms. The number of nitrogens with zero attached hydrogens (tertiary/aromatic N) is 8. The maximum Gasteiger partial charge on any atom is 0.252 e. The summed E-state index contributed by atoms with van der Waals surface area (Å²) in [6, 6.07) is 147. The predicted octanol–water partition coefficient (Wildman–Crippen LogP) is 25.4. The molecule has 18 aromatic carbocycles. The Morgan fingerprint density at radius 3 is 0.775 bits per heavy atom. The summed E-state index contributed by atoms with van der Waals surface area (Å²) in [5.41, 5.74) is 50.4. The van der Waals surface area contributed by atoms with E-state index < -0.39 is 0 Å². The Balaban J connectivity index is 0.852. The number of nitrogens with one attached hydrogen (secondary N) is 1. The Bertz CT molecular complexity index is 7380. The lowest BCUT2D eigenvalue weighted by molar-refractivity contribution is 1.17. The number of anilines is 26. The quantitative estimate of drug-likeness (QED) is 0.107. The topological polar surface area (TPSA) is 38.0 Å². The Morgan fingerprint density at radius 2 is 0.442 bits per heavy atom. The van der Waals surface area contributed by atoms with Crippen molar-refractivity contribution in [1.29, 1.82) is 0 Å². The van der Waals surface area contributed by atoms with Crippen molar-refractivity contribution in [2.24, 2.45) is 0 Å². The minimum atomic E-state index is -0.381. The van der Waals surface area contributed by atoms with Crippen LogP contribution in [0.15, 0.2) is 388 Å². The zero-order valence-corrected chi connectivity index (χ0v) is 73.8. The van der Waals surface area contributed by atoms with Crippen molar-refractivity contribution < 1.29 is 0 Å². The molecule has 24 rings (SSSR count). The van der Waals surface area contributed by atoms with Gasteiger partial charge in [0.25, 0.3) is 20.1 Å². The first-order chi connectivity index (χ1) is 63.2. The Hall–Kier alpha value is -15.6. The van der Waals surface area contributed by atoms with Crippen LogP contribution in [0.25, 0.3) is 0 Å². The predicted molar refractivity (Wildman–Crippen MR) is 550 cm³/mol. The molecule has 18 aromatic rings. The molecule has 0 unspecified atom stereocenters. The van der Waals surface area contributed by atoms with Crippen LogP contribution in [0.3, 0.4) is 0 Å². The molecular formula is C117H92B3N9. The Labute approximate surface area is 757 Å². The van der Waals surface area contributed by atoms with Crippen LogP contribution < -0.4 is 93.7 Å². The molecule has 6 heterocycles. The van der Waals surface area contributed by atoms with Crippen LogP contribution in [0, 0.1) is 62.3 Å². The highest BCUT2D eigenvalue weighted by molar-refractivity contribution is 7.04. The molecule has 0 saturated carbocycles. The first kappa shape index (κ1) is 77.0. The van der Waals surface area contributed by atoms with Crippen LogP contribution in [0.1, 0.15) is 50.1 Å². The lowest BCUT2D eigenvalue weighted by atomic mass is 9.29. The van der Waals surface area contributed by atoms with E-state index in [1.807, 2.05) is 0 Å². The van der Waals surface area contributed by atoms with Gasteiger partial charge in [0, 0.05) is 114 Å². The smallest absolute Gasteiger partial charge is 0.252 e. The third kappa shape index (κ3) is 12.2. The van der Waals surface area contributed by atoms with Crippen LogP contribution in [0.2, 0.25) is 0 Å². The molecule has 12 heteroatoms. The molecule has 6 aliphatic rings. The van der Waals surface area contributed by atoms with E-state index in [1.165, 1.54) is 99.2 Å². The van der Waals surface area contributed by atoms with Crippen molar-refractivity contribution in [1.82, 2.24) is 0 Å². The van der Waals surface area contributed by atoms with Gasteiger partial charge in [-0.3, -0.25) is 0 Å². The molecule has 614 valence electrons. The van der Waals surface area contributed by atoms with Gasteiger partial charge in [0.1, 0.15) is 0 Å². The zero-order chi connectivity index (χ0) is 86.7. The molecule has 6 aliphatic heterocycles. The highest BCUT2D eigenvalue weighted by Crippen LogP contribution is 2.56. The molecule has 0 atom stereocenters. The number of rotatable bonds is 14. The van der Waals surface area contributed by atoms with Crippen LogP contribution in [-0.2, 0) is 0 Å². The van der Waals surface area contributed by atoms with Crippen LogP contribution in [-0.4, -0.2) is 20.1 Å². The van der Waals surface area contributed by atoms with Gasteiger partial charge >= 0.3 is 0 Å². The molecule has 0 amide bonds. The van der Waals surface area contributed by atoms with E-state index >= 15 is 0 Å². The fourth-order valence-corrected chi connectivity index (χ4v) is 22.9. The number of hydrogen-bond acceptors (Lipinski definition) is 9. The van der Waals surface area contributed by atoms with Gasteiger partial charge in [0.15, 0.2) is 0 Å². The molecule has 0 spiro atoms. The molecule has 0 saturated heterocycles. The average molecular weight is 1660 g/mol. The first-order valence-corrected chi connectivity index (χ1v) is 45.1. The summed E-state index contributed by atoms with van der Waals surface area (Å²) in [5.74, 6) is 0. The summed E-state index contributed by atoms with van der Waals surface area (Å²) in [4.78, 5) is 20.6. The third-order valence-corrected chi connectivity index (χ3v) is 27.5. The van der Waals surface area contributed by atoms with Gasteiger partial charge in [0.2, 0.25) is 0 Å². The van der Waals surface area contributed by atoms with E-state index in [1.54, 1.807) is 0 Å². The molecule has 1 N–H and O–H groups in total. The molecular weight excluding hydrogens is 1560 g/mol. The Kier molecular flexibility index (Phi) is 18.1. The summed E-state index contributed by atoms with van der Waals surface area (Å²) in [5, 5.41) is 4.41. The second-order valence-electron chi connectivity index (χ2n) is 35.8. The standard InChI is InChI=1S/C117H92B3N9/c1-74-58-77(4)115(78(5)59-74)127-104-72-100-96(118-94-54-34-36-56-102(94)125(89-50-30-16-31-51-89)107-65-91(64-101(121-100)112(107)118)122(83-38-18-10-19-39-83)84-40-20-11-21-41-84)70-97(104)120-99-71-98-105(73-106(99)129(117-81(8)62-76(3)63-82(117)9)111-69-93(68-110(127)114(111)120)124(87-46-26-14-27-47-87)88-48-28-15-29-49-88)128(116-79(6)60-75(2)61-80(116)7)109-67-92(123(85-42-22-12-23-43-85)86-44-24-13-25-45-86)66-108-113(109)119(98)95-55-35-37-57-103(95)126(108)90-52-32-17-33-53-90/h10-73,121H,1-9H3. The second kappa shape index (κ2) is 30.3. The minimum Gasteiger partial charge on any atom is -0.356 e. The lowest BCUT2D eigenvalue weighted by Gasteiger charge is -2.49. The van der Waals surface area contributed by atoms with E-state index in [0.29, 0.717) is 0 Å². The van der Waals surface area contributed by atoms with Crippen molar-refractivity contribution in [3.8, 4) is 0 Å². The van der Waals surface area contributed by atoms with Gasteiger partial charge in [-0.15, -0.1) is 0 Å². The van der Waals surface area contributed by atoms with Crippen molar-refractivity contribution >= 4 is 217 Å². The van der Waals surface area contributed by atoms with Crippen molar-refractivity contribution in [3.05, 3.63) is 438 Å². The zero-order valence-electron chi connectivity index (χ0n) is 73.8. The van der Waals surface area contributed by atoms with Crippen molar-refractivity contribution in [2.45, 2.75) is 62.3 Å². The fraction of sp³-hybridized carbons (Fsp3) is 0.0769. The van der Waals surface area contributed by atoms with E-state index in [2.05, 4.69) is 495 Å². The number of para-hydroxylation sites is 10. The molecule has 0 fully saturated rings. The molecule has 9 nitrogen and oxygen atoms in total. The van der Waals surface area contributed by atoms with E-state index in [9.17, 15) is 0 Å². The summed E-state index contributed by atoms with van der Waals surface area (Å²) in [6.45, 7) is 19.9. The van der Waals surface area contributed by atoms with Crippen molar-refractivity contribution in [2.75, 3.05) is 44.5 Å². The number of fused-ring (bicyclic) bond motifs is 12. The van der Waals surface area contributed by atoms with Crippen LogP contribution in [0.4, 0.5) is 148 Å². The fourth-order valence-electron chi connectivity index (χ4n) is 22.9. The van der Waals surface area contributed by atoms with E-state index in [4.69, 9.17) is 0 Å². The maximum absolute atomic E-state index is 4.41. The number of aryl methyl sites for hydroxylation is 9. The minimum absolute atomic E-state index is 0.227. The summed E-state index contributed by atoms with van der Waals surface area (Å²) < 4.78 is 0. The normalized spacial score (nSPS) is 13.1. The molecule has 0 aliphatic carbocycles. The second-order valence-corrected chi connectivity index (χ2v) is 35.8. The average Bonchev–Trinajstić information content (AvgIpc) is 0.675. The summed E-state index contributed by atoms with van der Waals surface area (Å²) in [7, 11) is 0. The monoisotopic (exact) mass is 1660 g/mol. The highest BCUT2D eigenvalue weighted by atomic mass is 15.2. The Morgan fingerprint density at radius 1 is 0.186 bits per heavy atom. The third-order valence-electron chi connectivity index (χ3n) is 27.5. The van der Waals surface area contributed by atoms with Crippen molar-refractivity contribution in [3.63, 3.8) is 0 Å².